The van der Waals surface area contributed by atoms with Crippen molar-refractivity contribution in [1.29, 1.82) is 0 Å². The van der Waals surface area contributed by atoms with Crippen molar-refractivity contribution in [3.8, 4) is 5.75 Å². The second-order valence-electron chi connectivity index (χ2n) is 3.19. The first-order valence-corrected chi connectivity index (χ1v) is 5.81. The van der Waals surface area contributed by atoms with Gasteiger partial charge in [-0.3, -0.25) is 4.79 Å². The van der Waals surface area contributed by atoms with Crippen LogP contribution in [0.2, 0.25) is 0 Å². The minimum Gasteiger partial charge on any atom is -0.492 e. The van der Waals surface area contributed by atoms with Gasteiger partial charge < -0.3 is 15.4 Å². The van der Waals surface area contributed by atoms with Crippen LogP contribution in [-0.2, 0) is 4.79 Å². The molecule has 2 N–H and O–H groups in total. The SMILES string of the molecule is CNCC(=O)NCCOc1cccc(Br)c1. The summed E-state index contributed by atoms with van der Waals surface area (Å²) in [6, 6.07) is 7.59. The van der Waals surface area contributed by atoms with E-state index in [0.717, 1.165) is 10.2 Å². The van der Waals surface area contributed by atoms with Crippen molar-refractivity contribution in [2.75, 3.05) is 26.7 Å². The summed E-state index contributed by atoms with van der Waals surface area (Å²) in [4.78, 5) is 11.1. The van der Waals surface area contributed by atoms with Gasteiger partial charge in [0.1, 0.15) is 12.4 Å². The van der Waals surface area contributed by atoms with Crippen molar-refractivity contribution < 1.29 is 9.53 Å². The number of rotatable bonds is 6. The quantitative estimate of drug-likeness (QED) is 0.772. The maximum Gasteiger partial charge on any atom is 0.234 e. The summed E-state index contributed by atoms with van der Waals surface area (Å²) in [6.07, 6.45) is 0. The lowest BCUT2D eigenvalue weighted by Crippen LogP contribution is -2.34. The minimum absolute atomic E-state index is 0.0275. The zero-order valence-electron chi connectivity index (χ0n) is 9.13. The van der Waals surface area contributed by atoms with Gasteiger partial charge in [-0.1, -0.05) is 22.0 Å². The molecule has 0 aliphatic carbocycles. The van der Waals surface area contributed by atoms with Gasteiger partial charge >= 0.3 is 0 Å². The van der Waals surface area contributed by atoms with Crippen LogP contribution in [0.3, 0.4) is 0 Å². The van der Waals surface area contributed by atoms with E-state index >= 15 is 0 Å². The number of nitrogens with one attached hydrogen (secondary N) is 2. The highest BCUT2D eigenvalue weighted by Gasteiger charge is 1.98. The molecule has 0 saturated carbocycles. The highest BCUT2D eigenvalue weighted by atomic mass is 79.9. The molecule has 0 fully saturated rings. The van der Waals surface area contributed by atoms with Crippen molar-refractivity contribution in [1.82, 2.24) is 10.6 Å². The first-order chi connectivity index (χ1) is 7.72. The van der Waals surface area contributed by atoms with Gasteiger partial charge in [-0.15, -0.1) is 0 Å². The number of hydrogen-bond acceptors (Lipinski definition) is 3. The smallest absolute Gasteiger partial charge is 0.234 e. The Kier molecular flexibility index (Phi) is 5.88. The summed E-state index contributed by atoms with van der Waals surface area (Å²) in [5, 5.41) is 5.50. The van der Waals surface area contributed by atoms with Crippen LogP contribution in [0.4, 0.5) is 0 Å². The van der Waals surface area contributed by atoms with E-state index in [4.69, 9.17) is 4.74 Å². The average Bonchev–Trinajstić information content (AvgIpc) is 2.25. The third kappa shape index (κ3) is 5.14. The van der Waals surface area contributed by atoms with Crippen LogP contribution >= 0.6 is 15.9 Å². The Bertz CT molecular complexity index is 345. The van der Waals surface area contributed by atoms with Crippen molar-refractivity contribution >= 4 is 21.8 Å². The number of halogens is 1. The monoisotopic (exact) mass is 286 g/mol. The number of carbonyl (C=O) groups is 1. The molecule has 1 aromatic carbocycles. The summed E-state index contributed by atoms with van der Waals surface area (Å²) < 4.78 is 6.43. The summed E-state index contributed by atoms with van der Waals surface area (Å²) in [7, 11) is 1.73. The zero-order chi connectivity index (χ0) is 11.8. The van der Waals surface area contributed by atoms with E-state index in [1.54, 1.807) is 7.05 Å². The molecule has 88 valence electrons. The third-order valence-electron chi connectivity index (χ3n) is 1.83. The van der Waals surface area contributed by atoms with Crippen LogP contribution in [0.15, 0.2) is 28.7 Å². The lowest BCUT2D eigenvalue weighted by Gasteiger charge is -2.07. The van der Waals surface area contributed by atoms with E-state index in [1.165, 1.54) is 0 Å². The fourth-order valence-electron chi connectivity index (χ4n) is 1.14. The second kappa shape index (κ2) is 7.24. The van der Waals surface area contributed by atoms with Crippen molar-refractivity contribution in [2.45, 2.75) is 0 Å². The summed E-state index contributed by atoms with van der Waals surface area (Å²) >= 11 is 3.36. The molecule has 0 aliphatic heterocycles. The van der Waals surface area contributed by atoms with Gasteiger partial charge in [-0.25, -0.2) is 0 Å². The fraction of sp³-hybridized carbons (Fsp3) is 0.364. The molecular formula is C11H15BrN2O2. The van der Waals surface area contributed by atoms with E-state index in [0.29, 0.717) is 19.7 Å². The molecule has 0 atom stereocenters. The van der Waals surface area contributed by atoms with Crippen molar-refractivity contribution in [3.05, 3.63) is 28.7 Å². The molecule has 0 aliphatic rings. The van der Waals surface area contributed by atoms with Crippen molar-refractivity contribution in [2.24, 2.45) is 0 Å². The Labute approximate surface area is 103 Å². The molecule has 0 unspecified atom stereocenters. The average molecular weight is 287 g/mol. The maximum atomic E-state index is 11.1. The predicted molar refractivity (Wildman–Crippen MR) is 66.6 cm³/mol. The van der Waals surface area contributed by atoms with Gasteiger partial charge in [0.15, 0.2) is 0 Å². The van der Waals surface area contributed by atoms with Crippen LogP contribution in [0.1, 0.15) is 0 Å². The number of carbonyl (C=O) groups excluding carboxylic acids is 1. The lowest BCUT2D eigenvalue weighted by atomic mass is 10.3. The van der Waals surface area contributed by atoms with E-state index < -0.39 is 0 Å². The summed E-state index contributed by atoms with van der Waals surface area (Å²) in [6.45, 7) is 1.30. The molecule has 4 nitrogen and oxygen atoms in total. The second-order valence-corrected chi connectivity index (χ2v) is 4.10. The molecule has 0 aromatic heterocycles. The molecule has 1 amide bonds. The molecule has 1 rings (SSSR count). The molecule has 0 saturated heterocycles. The molecule has 0 spiro atoms. The summed E-state index contributed by atoms with van der Waals surface area (Å²) in [5.74, 6) is 0.762. The van der Waals surface area contributed by atoms with Crippen LogP contribution in [-0.4, -0.2) is 32.7 Å². The van der Waals surface area contributed by atoms with E-state index in [-0.39, 0.29) is 5.91 Å². The fourth-order valence-corrected chi connectivity index (χ4v) is 1.52. The van der Waals surface area contributed by atoms with Gasteiger partial charge in [0.05, 0.1) is 13.1 Å². The molecule has 1 aromatic rings. The number of likely N-dealkylation sites (N-methyl/N-ethyl adjacent to an activating group) is 1. The molecular weight excluding hydrogens is 272 g/mol. The number of amides is 1. The van der Waals surface area contributed by atoms with Gasteiger partial charge in [-0.05, 0) is 25.2 Å². The third-order valence-corrected chi connectivity index (χ3v) is 2.32. The molecule has 0 bridgehead atoms. The highest BCUT2D eigenvalue weighted by molar-refractivity contribution is 9.10. The Morgan fingerprint density at radius 1 is 1.50 bits per heavy atom. The molecule has 0 radical (unpaired) electrons. The zero-order valence-corrected chi connectivity index (χ0v) is 10.7. The molecule has 16 heavy (non-hydrogen) atoms. The van der Waals surface area contributed by atoms with Crippen LogP contribution in [0.25, 0.3) is 0 Å². The van der Waals surface area contributed by atoms with Gasteiger partial charge in [-0.2, -0.15) is 0 Å². The highest BCUT2D eigenvalue weighted by Crippen LogP contribution is 2.17. The minimum atomic E-state index is -0.0275. The van der Waals surface area contributed by atoms with Crippen LogP contribution in [0.5, 0.6) is 5.75 Å². The van der Waals surface area contributed by atoms with Crippen LogP contribution < -0.4 is 15.4 Å². The lowest BCUT2D eigenvalue weighted by molar-refractivity contribution is -0.120. The van der Waals surface area contributed by atoms with Gasteiger partial charge in [0.2, 0.25) is 5.91 Å². The van der Waals surface area contributed by atoms with E-state index in [9.17, 15) is 4.79 Å². The maximum absolute atomic E-state index is 11.1. The molecule has 5 heteroatoms. The predicted octanol–water partition coefficient (Wildman–Crippen LogP) is 1.16. The van der Waals surface area contributed by atoms with Crippen molar-refractivity contribution in [3.63, 3.8) is 0 Å². The Morgan fingerprint density at radius 3 is 3.00 bits per heavy atom. The summed E-state index contributed by atoms with van der Waals surface area (Å²) in [5.41, 5.74) is 0. The molecule has 0 heterocycles. The number of hydrogen-bond donors (Lipinski definition) is 2. The first-order valence-electron chi connectivity index (χ1n) is 5.02. The largest absolute Gasteiger partial charge is 0.492 e. The first kappa shape index (κ1) is 13.0. The standard InChI is InChI=1S/C11H15BrN2O2/c1-13-8-11(15)14-5-6-16-10-4-2-3-9(12)7-10/h2-4,7,13H,5-6,8H2,1H3,(H,14,15). The topological polar surface area (TPSA) is 50.4 Å². The van der Waals surface area contributed by atoms with Gasteiger partial charge in [0.25, 0.3) is 0 Å². The van der Waals surface area contributed by atoms with Gasteiger partial charge in [0, 0.05) is 4.47 Å². The van der Waals surface area contributed by atoms with E-state index in [1.807, 2.05) is 24.3 Å². The normalized spacial score (nSPS) is 9.88. The Morgan fingerprint density at radius 2 is 2.31 bits per heavy atom. The number of benzene rings is 1. The Balaban J connectivity index is 2.18. The van der Waals surface area contributed by atoms with E-state index in [2.05, 4.69) is 26.6 Å². The Hall–Kier alpha value is -1.07. The number of ether oxygens (including phenoxy) is 1. The van der Waals surface area contributed by atoms with Crippen LogP contribution in [0, 0.1) is 0 Å².